The van der Waals surface area contributed by atoms with Crippen LogP contribution in [0.4, 0.5) is 0 Å². The number of thiophene rings is 1. The molecule has 1 heteroatoms. The third-order valence-corrected chi connectivity index (χ3v) is 3.13. The van der Waals surface area contributed by atoms with Gasteiger partial charge >= 0.3 is 0 Å². The molecule has 13 heavy (non-hydrogen) atoms. The maximum Gasteiger partial charge on any atom is 0.000205 e. The number of fused-ring (bicyclic) bond motifs is 3. The lowest BCUT2D eigenvalue weighted by atomic mass is 10.2. The van der Waals surface area contributed by atoms with Crippen LogP contribution in [0, 0.1) is 0 Å². The molecule has 0 amide bonds. The highest BCUT2D eigenvalue weighted by Gasteiger charge is 2.07. The molecule has 0 aromatic carbocycles. The summed E-state index contributed by atoms with van der Waals surface area (Å²) in [6.07, 6.45) is 0. The van der Waals surface area contributed by atoms with Crippen LogP contribution >= 0.6 is 11.3 Å². The normalized spacial score (nSPS) is 11.1. The van der Waals surface area contributed by atoms with Crippen LogP contribution in [0.5, 0.6) is 0 Å². The Kier molecular flexibility index (Phi) is 1.41. The molecular formula is C12H8S. The molecule has 0 N–H and O–H groups in total. The fraction of sp³-hybridized carbons (Fsp3) is 0. The Bertz CT molecular complexity index is 522. The lowest BCUT2D eigenvalue weighted by Crippen LogP contribution is -1.62. The first-order valence-electron chi connectivity index (χ1n) is 4.29. The first-order valence-corrected chi connectivity index (χ1v) is 5.23. The lowest BCUT2D eigenvalue weighted by molar-refractivity contribution is 1.86. The zero-order chi connectivity index (χ0) is 8.67. The Hall–Kier alpha value is -1.34. The predicted molar refractivity (Wildman–Crippen MR) is 58.4 cm³/mol. The van der Waals surface area contributed by atoms with E-state index in [0.717, 1.165) is 0 Å². The van der Waals surface area contributed by atoms with Crippen LogP contribution in [0.3, 0.4) is 0 Å². The van der Waals surface area contributed by atoms with Crippen molar-refractivity contribution in [2.24, 2.45) is 0 Å². The van der Waals surface area contributed by atoms with Gasteiger partial charge < -0.3 is 0 Å². The summed E-state index contributed by atoms with van der Waals surface area (Å²) in [4.78, 5) is 0. The Morgan fingerprint density at radius 2 is 1.85 bits per heavy atom. The SMILES string of the molecule is c1ccc2cc3cscc3c-2cc1. The first-order chi connectivity index (χ1) is 6.45. The molecule has 1 heterocycles. The fourth-order valence-electron chi connectivity index (χ4n) is 1.74. The van der Waals surface area contributed by atoms with Crippen molar-refractivity contribution < 1.29 is 0 Å². The van der Waals surface area contributed by atoms with Crippen LogP contribution in [-0.4, -0.2) is 0 Å². The minimum absolute atomic E-state index is 1.34. The molecule has 0 unspecified atom stereocenters. The number of rotatable bonds is 0. The Morgan fingerprint density at radius 3 is 2.85 bits per heavy atom. The van der Waals surface area contributed by atoms with E-state index in [9.17, 15) is 0 Å². The molecule has 0 spiro atoms. The second-order valence-corrected chi connectivity index (χ2v) is 3.91. The molecule has 0 atom stereocenters. The van der Waals surface area contributed by atoms with Crippen molar-refractivity contribution in [3.05, 3.63) is 47.2 Å². The van der Waals surface area contributed by atoms with E-state index >= 15 is 0 Å². The molecule has 2 aliphatic carbocycles. The van der Waals surface area contributed by atoms with E-state index in [1.807, 2.05) is 0 Å². The summed E-state index contributed by atoms with van der Waals surface area (Å²) >= 11 is 1.77. The quantitative estimate of drug-likeness (QED) is 0.495. The van der Waals surface area contributed by atoms with Gasteiger partial charge in [-0.1, -0.05) is 30.3 Å². The summed E-state index contributed by atoms with van der Waals surface area (Å²) in [6, 6.07) is 12.9. The summed E-state index contributed by atoms with van der Waals surface area (Å²) < 4.78 is 0. The van der Waals surface area contributed by atoms with Gasteiger partial charge in [0.1, 0.15) is 0 Å². The molecule has 0 saturated carbocycles. The van der Waals surface area contributed by atoms with Gasteiger partial charge in [0.15, 0.2) is 0 Å². The van der Waals surface area contributed by atoms with Crippen LogP contribution < -0.4 is 0 Å². The van der Waals surface area contributed by atoms with E-state index in [1.165, 1.54) is 21.9 Å². The molecule has 0 saturated heterocycles. The van der Waals surface area contributed by atoms with E-state index in [-0.39, 0.29) is 0 Å². The Balaban J connectivity index is 2.54. The molecule has 62 valence electrons. The summed E-state index contributed by atoms with van der Waals surface area (Å²) in [6.45, 7) is 0. The standard InChI is InChI=1S/C12H8S/c1-2-4-9-6-10-7-13-8-12(10)11(9)5-3-1/h1-8H. The van der Waals surface area contributed by atoms with Gasteiger partial charge in [-0.3, -0.25) is 0 Å². The lowest BCUT2D eigenvalue weighted by Gasteiger charge is -1.89. The maximum atomic E-state index is 2.25. The van der Waals surface area contributed by atoms with Gasteiger partial charge in [-0.15, -0.1) is 0 Å². The summed E-state index contributed by atoms with van der Waals surface area (Å²) in [7, 11) is 0. The van der Waals surface area contributed by atoms with Gasteiger partial charge in [-0.2, -0.15) is 11.3 Å². The van der Waals surface area contributed by atoms with Crippen LogP contribution in [0.2, 0.25) is 0 Å². The zero-order valence-electron chi connectivity index (χ0n) is 7.03. The summed E-state index contributed by atoms with van der Waals surface area (Å²) in [5.74, 6) is 0. The molecule has 3 rings (SSSR count). The van der Waals surface area contributed by atoms with Gasteiger partial charge in [0, 0.05) is 5.39 Å². The van der Waals surface area contributed by atoms with Crippen molar-refractivity contribution in [2.45, 2.75) is 0 Å². The molecule has 1 aromatic heterocycles. The average molecular weight is 184 g/mol. The van der Waals surface area contributed by atoms with Crippen LogP contribution in [-0.2, 0) is 0 Å². The number of hydrogen-bond donors (Lipinski definition) is 0. The largest absolute Gasteiger partial charge is 0.151 e. The predicted octanol–water partition coefficient (Wildman–Crippen LogP) is 4.01. The van der Waals surface area contributed by atoms with Gasteiger partial charge in [0.2, 0.25) is 0 Å². The molecule has 0 radical (unpaired) electrons. The van der Waals surface area contributed by atoms with Crippen LogP contribution in [0.15, 0.2) is 47.2 Å². The summed E-state index contributed by atoms with van der Waals surface area (Å²) in [5.41, 5.74) is 2.70. The molecular weight excluding hydrogens is 176 g/mol. The molecule has 1 aromatic rings. The second-order valence-electron chi connectivity index (χ2n) is 3.16. The molecule has 0 nitrogen and oxygen atoms in total. The van der Waals surface area contributed by atoms with Crippen molar-refractivity contribution in [1.82, 2.24) is 0 Å². The van der Waals surface area contributed by atoms with E-state index in [0.29, 0.717) is 0 Å². The highest BCUT2D eigenvalue weighted by atomic mass is 32.1. The molecule has 2 aliphatic rings. The smallest absolute Gasteiger partial charge is 0.000205 e. The zero-order valence-corrected chi connectivity index (χ0v) is 7.84. The minimum atomic E-state index is 1.34. The van der Waals surface area contributed by atoms with Crippen molar-refractivity contribution in [3.63, 3.8) is 0 Å². The van der Waals surface area contributed by atoms with Gasteiger partial charge in [0.05, 0.1) is 0 Å². The van der Waals surface area contributed by atoms with Crippen molar-refractivity contribution in [1.29, 1.82) is 0 Å². The van der Waals surface area contributed by atoms with Crippen LogP contribution in [0.1, 0.15) is 0 Å². The second kappa shape index (κ2) is 2.57. The fourth-order valence-corrected chi connectivity index (χ4v) is 2.55. The Labute approximate surface area is 80.8 Å². The van der Waals surface area contributed by atoms with Crippen molar-refractivity contribution in [3.8, 4) is 11.1 Å². The van der Waals surface area contributed by atoms with E-state index in [4.69, 9.17) is 0 Å². The highest BCUT2D eigenvalue weighted by molar-refractivity contribution is 7.09. The van der Waals surface area contributed by atoms with E-state index < -0.39 is 0 Å². The molecule has 0 fully saturated rings. The topological polar surface area (TPSA) is 0 Å². The average Bonchev–Trinajstić information content (AvgIpc) is 2.61. The van der Waals surface area contributed by atoms with Gasteiger partial charge in [0.25, 0.3) is 0 Å². The third-order valence-electron chi connectivity index (χ3n) is 2.36. The van der Waals surface area contributed by atoms with E-state index in [1.54, 1.807) is 11.3 Å². The minimum Gasteiger partial charge on any atom is -0.151 e. The molecule has 0 aliphatic heterocycles. The van der Waals surface area contributed by atoms with E-state index in [2.05, 4.69) is 47.2 Å². The highest BCUT2D eigenvalue weighted by Crippen LogP contribution is 2.35. The van der Waals surface area contributed by atoms with Crippen LogP contribution in [0.25, 0.3) is 21.9 Å². The third kappa shape index (κ3) is 0.973. The van der Waals surface area contributed by atoms with Crippen molar-refractivity contribution in [2.75, 3.05) is 0 Å². The molecule has 0 bridgehead atoms. The van der Waals surface area contributed by atoms with Gasteiger partial charge in [-0.05, 0) is 33.3 Å². The maximum absolute atomic E-state index is 2.25. The Morgan fingerprint density at radius 1 is 0.923 bits per heavy atom. The monoisotopic (exact) mass is 184 g/mol. The van der Waals surface area contributed by atoms with Crippen molar-refractivity contribution >= 4 is 22.1 Å². The number of hydrogen-bond acceptors (Lipinski definition) is 1. The summed E-state index contributed by atoms with van der Waals surface area (Å²) in [5, 5.41) is 7.18. The first kappa shape index (κ1) is 7.10. The van der Waals surface area contributed by atoms with Gasteiger partial charge in [-0.25, -0.2) is 0 Å².